The summed E-state index contributed by atoms with van der Waals surface area (Å²) in [5.41, 5.74) is 6.36. The molecule has 168 valence electrons. The molecule has 0 spiro atoms. The van der Waals surface area contributed by atoms with E-state index in [0.717, 1.165) is 63.4 Å². The molecule has 30 heavy (non-hydrogen) atoms. The summed E-state index contributed by atoms with van der Waals surface area (Å²) < 4.78 is 0. The van der Waals surface area contributed by atoms with Crippen molar-refractivity contribution in [3.63, 3.8) is 0 Å². The van der Waals surface area contributed by atoms with Gasteiger partial charge in [0.1, 0.15) is 5.82 Å². The van der Waals surface area contributed by atoms with Crippen molar-refractivity contribution in [2.45, 2.75) is 46.0 Å². The molecule has 1 saturated heterocycles. The van der Waals surface area contributed by atoms with Gasteiger partial charge in [0, 0.05) is 37.9 Å². The number of amides is 2. The number of nitrogens with zero attached hydrogens (tertiary/aromatic N) is 5. The van der Waals surface area contributed by atoms with Gasteiger partial charge in [-0.05, 0) is 19.9 Å². The summed E-state index contributed by atoms with van der Waals surface area (Å²) >= 11 is 0. The quantitative estimate of drug-likeness (QED) is 0.200. The number of piperazine rings is 1. The standard InChI is InChI=1S/C20H35N7O3/c1-4-6-7-8-16(14-27(30)15-28)19(29)23-24-20-21-17(5-2)13-18(22-20)26-11-9-25(3)10-12-26/h13,15-16,30H,4-12,14H2,1-3H3,(H,23,29)(H,21,22,24). The summed E-state index contributed by atoms with van der Waals surface area (Å²) in [6.07, 6.45) is 4.49. The zero-order chi connectivity index (χ0) is 21.9. The Morgan fingerprint density at radius 2 is 2.00 bits per heavy atom. The largest absolute Gasteiger partial charge is 0.354 e. The number of hydroxylamine groups is 2. The van der Waals surface area contributed by atoms with Crippen molar-refractivity contribution >= 4 is 24.1 Å². The van der Waals surface area contributed by atoms with Gasteiger partial charge in [0.25, 0.3) is 0 Å². The molecule has 0 radical (unpaired) electrons. The zero-order valence-corrected chi connectivity index (χ0v) is 18.3. The Hall–Kier alpha value is -2.46. The van der Waals surface area contributed by atoms with E-state index in [0.29, 0.717) is 23.8 Å². The van der Waals surface area contributed by atoms with Crippen LogP contribution >= 0.6 is 0 Å². The number of carbonyl (C=O) groups is 2. The monoisotopic (exact) mass is 421 g/mol. The third kappa shape index (κ3) is 7.42. The molecule has 2 heterocycles. The van der Waals surface area contributed by atoms with E-state index in [9.17, 15) is 14.8 Å². The summed E-state index contributed by atoms with van der Waals surface area (Å²) in [5, 5.41) is 10.0. The molecule has 1 aliphatic rings. The lowest BCUT2D eigenvalue weighted by molar-refractivity contribution is -0.154. The van der Waals surface area contributed by atoms with Gasteiger partial charge in [-0.2, -0.15) is 4.98 Å². The fraction of sp³-hybridized carbons (Fsp3) is 0.700. The molecule has 10 nitrogen and oxygen atoms in total. The first-order valence-corrected chi connectivity index (χ1v) is 10.7. The van der Waals surface area contributed by atoms with Crippen LogP contribution < -0.4 is 15.8 Å². The highest BCUT2D eigenvalue weighted by Gasteiger charge is 2.21. The van der Waals surface area contributed by atoms with Gasteiger partial charge in [0.2, 0.25) is 18.3 Å². The molecular formula is C20H35N7O3. The van der Waals surface area contributed by atoms with E-state index in [1.165, 1.54) is 0 Å². The van der Waals surface area contributed by atoms with E-state index >= 15 is 0 Å². The number of hydrogen-bond donors (Lipinski definition) is 3. The minimum absolute atomic E-state index is 0.0525. The Bertz CT molecular complexity index is 680. The lowest BCUT2D eigenvalue weighted by atomic mass is 10.0. The first-order chi connectivity index (χ1) is 14.5. The molecule has 2 rings (SSSR count). The Balaban J connectivity index is 2.03. The van der Waals surface area contributed by atoms with Gasteiger partial charge in [-0.15, -0.1) is 0 Å². The van der Waals surface area contributed by atoms with Crippen LogP contribution in [0.15, 0.2) is 6.07 Å². The van der Waals surface area contributed by atoms with Crippen LogP contribution in [0.2, 0.25) is 0 Å². The number of likely N-dealkylation sites (N-methyl/N-ethyl adjacent to an activating group) is 1. The second-order valence-electron chi connectivity index (χ2n) is 7.72. The molecule has 10 heteroatoms. The van der Waals surface area contributed by atoms with Crippen LogP contribution in [-0.4, -0.2) is 77.2 Å². The molecule has 1 aliphatic heterocycles. The normalized spacial score (nSPS) is 15.5. The number of unbranched alkanes of at least 4 members (excludes halogenated alkanes) is 2. The number of carbonyl (C=O) groups excluding carboxylic acids is 2. The highest BCUT2D eigenvalue weighted by molar-refractivity contribution is 5.80. The molecule has 0 bridgehead atoms. The first kappa shape index (κ1) is 23.8. The summed E-state index contributed by atoms with van der Waals surface area (Å²) in [4.78, 5) is 36.9. The Kier molecular flexibility index (Phi) is 9.75. The van der Waals surface area contributed by atoms with Gasteiger partial charge in [-0.1, -0.05) is 33.1 Å². The number of hydrogen-bond acceptors (Lipinski definition) is 8. The molecule has 1 fully saturated rings. The van der Waals surface area contributed by atoms with Crippen molar-refractivity contribution in [3.8, 4) is 0 Å². The number of anilines is 2. The topological polar surface area (TPSA) is 114 Å². The maximum Gasteiger partial charge on any atom is 0.243 e. The minimum atomic E-state index is -0.522. The van der Waals surface area contributed by atoms with E-state index in [-0.39, 0.29) is 12.5 Å². The van der Waals surface area contributed by atoms with Crippen LogP contribution in [-0.2, 0) is 16.0 Å². The second kappa shape index (κ2) is 12.3. The van der Waals surface area contributed by atoms with E-state index in [1.54, 1.807) is 0 Å². The fourth-order valence-corrected chi connectivity index (χ4v) is 3.35. The highest BCUT2D eigenvalue weighted by Crippen LogP contribution is 2.17. The van der Waals surface area contributed by atoms with Crippen molar-refractivity contribution < 1.29 is 14.8 Å². The Morgan fingerprint density at radius 3 is 2.63 bits per heavy atom. The van der Waals surface area contributed by atoms with Gasteiger partial charge in [0.15, 0.2) is 0 Å². The van der Waals surface area contributed by atoms with Crippen LogP contribution in [0.1, 0.15) is 45.2 Å². The third-order valence-corrected chi connectivity index (χ3v) is 5.31. The number of hydrazine groups is 1. The molecule has 0 aromatic carbocycles. The second-order valence-corrected chi connectivity index (χ2v) is 7.72. The smallest absolute Gasteiger partial charge is 0.243 e. The predicted octanol–water partition coefficient (Wildman–Crippen LogP) is 1.28. The Morgan fingerprint density at radius 1 is 1.27 bits per heavy atom. The van der Waals surface area contributed by atoms with E-state index in [4.69, 9.17) is 0 Å². The van der Waals surface area contributed by atoms with Crippen LogP contribution in [0.3, 0.4) is 0 Å². The Labute approximate surface area is 178 Å². The number of aromatic nitrogens is 2. The van der Waals surface area contributed by atoms with Crippen LogP contribution in [0.5, 0.6) is 0 Å². The van der Waals surface area contributed by atoms with Gasteiger partial charge < -0.3 is 9.80 Å². The number of aryl methyl sites for hydroxylation is 1. The SMILES string of the molecule is CCCCCC(CN(O)C=O)C(=O)NNc1nc(CC)cc(N2CCN(C)CC2)n1. The third-order valence-electron chi connectivity index (χ3n) is 5.31. The fourth-order valence-electron chi connectivity index (χ4n) is 3.35. The number of rotatable bonds is 12. The average molecular weight is 422 g/mol. The summed E-state index contributed by atoms with van der Waals surface area (Å²) in [7, 11) is 2.10. The van der Waals surface area contributed by atoms with Crippen LogP contribution in [0, 0.1) is 5.92 Å². The zero-order valence-electron chi connectivity index (χ0n) is 18.3. The predicted molar refractivity (Wildman–Crippen MR) is 115 cm³/mol. The van der Waals surface area contributed by atoms with Crippen LogP contribution in [0.25, 0.3) is 0 Å². The molecule has 2 amide bonds. The van der Waals surface area contributed by atoms with Crippen molar-refractivity contribution in [2.75, 3.05) is 50.1 Å². The maximum absolute atomic E-state index is 12.6. The first-order valence-electron chi connectivity index (χ1n) is 10.7. The van der Waals surface area contributed by atoms with Crippen molar-refractivity contribution in [1.29, 1.82) is 0 Å². The van der Waals surface area contributed by atoms with Crippen LogP contribution in [0.4, 0.5) is 11.8 Å². The van der Waals surface area contributed by atoms with Gasteiger partial charge in [-0.25, -0.2) is 10.0 Å². The minimum Gasteiger partial charge on any atom is -0.354 e. The summed E-state index contributed by atoms with van der Waals surface area (Å²) in [6.45, 7) is 7.77. The summed E-state index contributed by atoms with van der Waals surface area (Å²) in [6, 6.07) is 1.99. The highest BCUT2D eigenvalue weighted by atomic mass is 16.5. The molecule has 1 unspecified atom stereocenters. The lowest BCUT2D eigenvalue weighted by Crippen LogP contribution is -2.45. The maximum atomic E-state index is 12.6. The number of nitrogens with one attached hydrogen (secondary N) is 2. The molecular weight excluding hydrogens is 386 g/mol. The van der Waals surface area contributed by atoms with E-state index in [2.05, 4.69) is 44.6 Å². The van der Waals surface area contributed by atoms with Crippen molar-refractivity contribution in [1.82, 2.24) is 25.4 Å². The molecule has 3 N–H and O–H groups in total. The van der Waals surface area contributed by atoms with E-state index < -0.39 is 5.92 Å². The molecule has 1 atom stereocenters. The molecule has 1 aromatic rings. The molecule has 0 aliphatic carbocycles. The van der Waals surface area contributed by atoms with Crippen molar-refractivity contribution in [3.05, 3.63) is 11.8 Å². The molecule has 0 saturated carbocycles. The molecule has 1 aromatic heterocycles. The lowest BCUT2D eigenvalue weighted by Gasteiger charge is -2.33. The van der Waals surface area contributed by atoms with Crippen molar-refractivity contribution in [2.24, 2.45) is 5.92 Å². The summed E-state index contributed by atoms with van der Waals surface area (Å²) in [5.74, 6) is 0.346. The van der Waals surface area contributed by atoms with Gasteiger partial charge in [-0.3, -0.25) is 25.6 Å². The average Bonchev–Trinajstić information content (AvgIpc) is 2.76. The van der Waals surface area contributed by atoms with Gasteiger partial charge >= 0.3 is 0 Å². The van der Waals surface area contributed by atoms with E-state index in [1.807, 2.05) is 13.0 Å². The van der Waals surface area contributed by atoms with Gasteiger partial charge in [0.05, 0.1) is 12.5 Å².